The molecule has 1 aromatic carbocycles. The van der Waals surface area contributed by atoms with Crippen molar-refractivity contribution in [2.24, 2.45) is 0 Å². The third-order valence-corrected chi connectivity index (χ3v) is 2.08. The number of carbonyl (C=O) groups excluding carboxylic acids is 1. The predicted molar refractivity (Wildman–Crippen MR) is 59.4 cm³/mol. The summed E-state index contributed by atoms with van der Waals surface area (Å²) in [5.41, 5.74) is 2.15. The van der Waals surface area contributed by atoms with Crippen molar-refractivity contribution in [1.29, 1.82) is 0 Å². The van der Waals surface area contributed by atoms with E-state index < -0.39 is 0 Å². The molecule has 1 amide bonds. The Morgan fingerprint density at radius 3 is 2.40 bits per heavy atom. The first-order valence-electron chi connectivity index (χ1n) is 4.62. The van der Waals surface area contributed by atoms with E-state index in [1.54, 1.807) is 12.3 Å². The molecular formula is C12H10N2O. The molecule has 0 aliphatic heterocycles. The van der Waals surface area contributed by atoms with Crippen molar-refractivity contribution in [1.82, 2.24) is 4.98 Å². The number of nitrogens with zero attached hydrogens (tertiary/aromatic N) is 1. The molecule has 3 nitrogen and oxygen atoms in total. The van der Waals surface area contributed by atoms with Crippen LogP contribution in [0.4, 0.5) is 5.82 Å². The molecule has 15 heavy (non-hydrogen) atoms. The molecule has 0 saturated heterocycles. The Kier molecular flexibility index (Phi) is 2.74. The Balaban J connectivity index is 2.28. The average Bonchev–Trinajstić information content (AvgIpc) is 2.32. The number of nitrogens with one attached hydrogen (secondary N) is 1. The zero-order valence-electron chi connectivity index (χ0n) is 8.05. The first-order valence-corrected chi connectivity index (χ1v) is 4.62. The standard InChI is InChI=1S/C12H10N2O/c15-9-14-12-7-6-11(8-13-12)10-4-2-1-3-5-10/h1-9H,(H,13,14,15). The van der Waals surface area contributed by atoms with Gasteiger partial charge in [-0.1, -0.05) is 30.3 Å². The highest BCUT2D eigenvalue weighted by Crippen LogP contribution is 2.18. The monoisotopic (exact) mass is 198 g/mol. The first-order chi connectivity index (χ1) is 7.40. The zero-order valence-corrected chi connectivity index (χ0v) is 8.05. The Hall–Kier alpha value is -2.16. The normalized spacial score (nSPS) is 9.60. The van der Waals surface area contributed by atoms with Crippen molar-refractivity contribution in [2.75, 3.05) is 5.32 Å². The Morgan fingerprint density at radius 2 is 1.80 bits per heavy atom. The molecule has 0 fully saturated rings. The van der Waals surface area contributed by atoms with E-state index >= 15 is 0 Å². The van der Waals surface area contributed by atoms with Crippen LogP contribution in [0, 0.1) is 0 Å². The van der Waals surface area contributed by atoms with Gasteiger partial charge in [-0.05, 0) is 17.7 Å². The minimum absolute atomic E-state index is 0.560. The summed E-state index contributed by atoms with van der Waals surface area (Å²) < 4.78 is 0. The number of benzene rings is 1. The average molecular weight is 198 g/mol. The lowest BCUT2D eigenvalue weighted by Crippen LogP contribution is -1.95. The van der Waals surface area contributed by atoms with Crippen molar-refractivity contribution in [3.8, 4) is 11.1 Å². The molecule has 0 unspecified atom stereocenters. The van der Waals surface area contributed by atoms with E-state index in [0.29, 0.717) is 12.2 Å². The maximum atomic E-state index is 10.2. The van der Waals surface area contributed by atoms with Crippen LogP contribution >= 0.6 is 0 Å². The molecule has 1 N–H and O–H groups in total. The van der Waals surface area contributed by atoms with Crippen molar-refractivity contribution in [2.45, 2.75) is 0 Å². The van der Waals surface area contributed by atoms with E-state index in [1.807, 2.05) is 36.4 Å². The van der Waals surface area contributed by atoms with Crippen molar-refractivity contribution in [3.63, 3.8) is 0 Å². The summed E-state index contributed by atoms with van der Waals surface area (Å²) in [6, 6.07) is 13.7. The number of carbonyl (C=O) groups is 1. The minimum atomic E-state index is 0.560. The van der Waals surface area contributed by atoms with Gasteiger partial charge in [-0.25, -0.2) is 4.98 Å². The molecule has 1 heterocycles. The van der Waals surface area contributed by atoms with Crippen molar-refractivity contribution in [3.05, 3.63) is 48.7 Å². The molecule has 2 rings (SSSR count). The first kappa shape index (κ1) is 9.40. The minimum Gasteiger partial charge on any atom is -0.313 e. The van der Waals surface area contributed by atoms with Crippen LogP contribution in [0.15, 0.2) is 48.7 Å². The number of pyridine rings is 1. The van der Waals surface area contributed by atoms with Crippen LogP contribution in [0.25, 0.3) is 11.1 Å². The van der Waals surface area contributed by atoms with Crippen LogP contribution in [-0.4, -0.2) is 11.4 Å². The highest BCUT2D eigenvalue weighted by Gasteiger charge is 1.97. The lowest BCUT2D eigenvalue weighted by molar-refractivity contribution is -0.105. The molecular weight excluding hydrogens is 188 g/mol. The van der Waals surface area contributed by atoms with Gasteiger partial charge in [-0.15, -0.1) is 0 Å². The van der Waals surface area contributed by atoms with Gasteiger partial charge in [0.1, 0.15) is 5.82 Å². The quantitative estimate of drug-likeness (QED) is 0.769. The SMILES string of the molecule is O=CNc1ccc(-c2ccccc2)cn1. The second-order valence-electron chi connectivity index (χ2n) is 3.06. The summed E-state index contributed by atoms with van der Waals surface area (Å²) in [5.74, 6) is 0.560. The zero-order chi connectivity index (χ0) is 10.5. The van der Waals surface area contributed by atoms with E-state index in [2.05, 4.69) is 10.3 Å². The van der Waals surface area contributed by atoms with Gasteiger partial charge in [0.15, 0.2) is 0 Å². The molecule has 0 atom stereocenters. The van der Waals surface area contributed by atoms with Crippen LogP contribution in [0.5, 0.6) is 0 Å². The Morgan fingerprint density at radius 1 is 1.00 bits per heavy atom. The van der Waals surface area contributed by atoms with Gasteiger partial charge in [0.2, 0.25) is 6.41 Å². The van der Waals surface area contributed by atoms with E-state index in [9.17, 15) is 4.79 Å². The number of hydrogen-bond donors (Lipinski definition) is 1. The van der Waals surface area contributed by atoms with Crippen LogP contribution in [0.1, 0.15) is 0 Å². The van der Waals surface area contributed by atoms with Gasteiger partial charge in [0.05, 0.1) is 0 Å². The molecule has 1 aromatic heterocycles. The number of rotatable bonds is 3. The fourth-order valence-corrected chi connectivity index (χ4v) is 1.34. The van der Waals surface area contributed by atoms with Gasteiger partial charge < -0.3 is 5.32 Å². The number of anilines is 1. The molecule has 3 heteroatoms. The van der Waals surface area contributed by atoms with Gasteiger partial charge >= 0.3 is 0 Å². The maximum Gasteiger partial charge on any atom is 0.212 e. The maximum absolute atomic E-state index is 10.2. The van der Waals surface area contributed by atoms with Gasteiger partial charge in [-0.3, -0.25) is 4.79 Å². The summed E-state index contributed by atoms with van der Waals surface area (Å²) in [7, 11) is 0. The third kappa shape index (κ3) is 2.20. The summed E-state index contributed by atoms with van der Waals surface area (Å²) in [4.78, 5) is 14.3. The second kappa shape index (κ2) is 4.37. The van der Waals surface area contributed by atoms with Gasteiger partial charge in [0, 0.05) is 11.8 Å². The van der Waals surface area contributed by atoms with Crippen LogP contribution in [-0.2, 0) is 4.79 Å². The highest BCUT2D eigenvalue weighted by molar-refractivity contribution is 5.70. The molecule has 0 saturated carbocycles. The fourth-order valence-electron chi connectivity index (χ4n) is 1.34. The van der Waals surface area contributed by atoms with E-state index in [0.717, 1.165) is 11.1 Å². The van der Waals surface area contributed by atoms with Crippen LogP contribution in [0.2, 0.25) is 0 Å². The molecule has 0 aliphatic carbocycles. The largest absolute Gasteiger partial charge is 0.313 e. The smallest absolute Gasteiger partial charge is 0.212 e. The lowest BCUT2D eigenvalue weighted by Gasteiger charge is -2.01. The molecule has 0 bridgehead atoms. The van der Waals surface area contributed by atoms with Crippen LogP contribution < -0.4 is 5.32 Å². The van der Waals surface area contributed by atoms with Gasteiger partial charge in [-0.2, -0.15) is 0 Å². The summed E-state index contributed by atoms with van der Waals surface area (Å²) in [6.07, 6.45) is 2.35. The number of amides is 1. The van der Waals surface area contributed by atoms with E-state index in [1.165, 1.54) is 0 Å². The highest BCUT2D eigenvalue weighted by atomic mass is 16.1. The van der Waals surface area contributed by atoms with Crippen molar-refractivity contribution >= 4 is 12.2 Å². The van der Waals surface area contributed by atoms with E-state index in [-0.39, 0.29) is 0 Å². The summed E-state index contributed by atoms with van der Waals surface area (Å²) in [6.45, 7) is 0. The Bertz CT molecular complexity index is 437. The molecule has 0 radical (unpaired) electrons. The molecule has 0 aliphatic rings. The number of aromatic nitrogens is 1. The van der Waals surface area contributed by atoms with Crippen molar-refractivity contribution < 1.29 is 4.79 Å². The second-order valence-corrected chi connectivity index (χ2v) is 3.06. The Labute approximate surface area is 87.8 Å². The van der Waals surface area contributed by atoms with E-state index in [4.69, 9.17) is 0 Å². The lowest BCUT2D eigenvalue weighted by atomic mass is 10.1. The molecule has 2 aromatic rings. The fraction of sp³-hybridized carbons (Fsp3) is 0. The van der Waals surface area contributed by atoms with Crippen LogP contribution in [0.3, 0.4) is 0 Å². The van der Waals surface area contributed by atoms with Gasteiger partial charge in [0.25, 0.3) is 0 Å². The predicted octanol–water partition coefficient (Wildman–Crippen LogP) is 2.32. The summed E-state index contributed by atoms with van der Waals surface area (Å²) >= 11 is 0. The topological polar surface area (TPSA) is 42.0 Å². The molecule has 0 spiro atoms. The molecule has 74 valence electrons. The third-order valence-electron chi connectivity index (χ3n) is 2.08. The summed E-state index contributed by atoms with van der Waals surface area (Å²) in [5, 5.41) is 2.49. The number of hydrogen-bond acceptors (Lipinski definition) is 2.